The van der Waals surface area contributed by atoms with Crippen LogP contribution in [-0.2, 0) is 13.1 Å². The molecule has 0 saturated heterocycles. The molecule has 0 fully saturated rings. The molecule has 0 amide bonds. The predicted octanol–water partition coefficient (Wildman–Crippen LogP) is 2.92. The van der Waals surface area contributed by atoms with Crippen molar-refractivity contribution in [2.24, 2.45) is 0 Å². The zero-order valence-electron chi connectivity index (χ0n) is 13.7. The van der Waals surface area contributed by atoms with Crippen molar-refractivity contribution in [2.45, 2.75) is 46.8 Å². The van der Waals surface area contributed by atoms with Crippen LogP contribution < -0.4 is 10.6 Å². The summed E-state index contributed by atoms with van der Waals surface area (Å²) in [6.45, 7) is 9.79. The van der Waals surface area contributed by atoms with E-state index in [2.05, 4.69) is 65.5 Å². The highest BCUT2D eigenvalue weighted by molar-refractivity contribution is 7.80. The van der Waals surface area contributed by atoms with Crippen LogP contribution in [0.25, 0.3) is 0 Å². The first-order valence-corrected chi connectivity index (χ1v) is 7.99. The number of aryl methyl sites for hydroxylation is 1. The lowest BCUT2D eigenvalue weighted by Crippen LogP contribution is -2.38. The van der Waals surface area contributed by atoms with Crippen LogP contribution in [0.5, 0.6) is 0 Å². The molecule has 0 unspecified atom stereocenters. The average molecular weight is 316 g/mol. The number of hydrogen-bond acceptors (Lipinski definition) is 2. The lowest BCUT2D eigenvalue weighted by atomic mass is 10.2. The number of nitrogens with zero attached hydrogens (tertiary/aromatic N) is 2. The van der Waals surface area contributed by atoms with Gasteiger partial charge in [0.05, 0.1) is 12.2 Å². The SMILES string of the molecule is Cc1nn(Cc2ccccc2)c(C)c1CNC(=S)NC(C)C. The lowest BCUT2D eigenvalue weighted by molar-refractivity contribution is 0.657. The molecule has 2 rings (SSSR count). The third-order valence-electron chi connectivity index (χ3n) is 3.55. The van der Waals surface area contributed by atoms with Crippen molar-refractivity contribution in [3.8, 4) is 0 Å². The summed E-state index contributed by atoms with van der Waals surface area (Å²) >= 11 is 5.28. The standard InChI is InChI=1S/C17H24N4S/c1-12(2)19-17(22)18-10-16-13(3)20-21(14(16)4)11-15-8-6-5-7-9-15/h5-9,12H,10-11H2,1-4H3,(H2,18,19,22). The summed E-state index contributed by atoms with van der Waals surface area (Å²) in [7, 11) is 0. The van der Waals surface area contributed by atoms with Crippen LogP contribution in [0.2, 0.25) is 0 Å². The van der Waals surface area contributed by atoms with Gasteiger partial charge >= 0.3 is 0 Å². The zero-order chi connectivity index (χ0) is 16.1. The molecule has 0 atom stereocenters. The molecule has 118 valence electrons. The Kier molecular flexibility index (Phi) is 5.55. The summed E-state index contributed by atoms with van der Waals surface area (Å²) in [6, 6.07) is 10.7. The number of hydrogen-bond donors (Lipinski definition) is 2. The predicted molar refractivity (Wildman–Crippen MR) is 95.0 cm³/mol. The van der Waals surface area contributed by atoms with Gasteiger partial charge in [0.15, 0.2) is 5.11 Å². The molecule has 0 bridgehead atoms. The molecule has 0 saturated carbocycles. The van der Waals surface area contributed by atoms with Crippen molar-refractivity contribution < 1.29 is 0 Å². The summed E-state index contributed by atoms with van der Waals surface area (Å²) in [4.78, 5) is 0. The maximum absolute atomic E-state index is 5.28. The topological polar surface area (TPSA) is 41.9 Å². The Hall–Kier alpha value is -1.88. The first-order chi connectivity index (χ1) is 10.5. The second-order valence-electron chi connectivity index (χ2n) is 5.77. The minimum Gasteiger partial charge on any atom is -0.361 e. The Morgan fingerprint density at radius 1 is 1.23 bits per heavy atom. The van der Waals surface area contributed by atoms with Crippen molar-refractivity contribution in [3.63, 3.8) is 0 Å². The van der Waals surface area contributed by atoms with Crippen molar-refractivity contribution in [3.05, 3.63) is 52.8 Å². The summed E-state index contributed by atoms with van der Waals surface area (Å²) in [5.74, 6) is 0. The number of thiocarbonyl (C=S) groups is 1. The van der Waals surface area contributed by atoms with E-state index in [0.29, 0.717) is 17.7 Å². The van der Waals surface area contributed by atoms with Gasteiger partial charge < -0.3 is 10.6 Å². The number of rotatable bonds is 5. The van der Waals surface area contributed by atoms with Crippen molar-refractivity contribution in [2.75, 3.05) is 0 Å². The third-order valence-corrected chi connectivity index (χ3v) is 3.81. The van der Waals surface area contributed by atoms with Crippen LogP contribution in [-0.4, -0.2) is 20.9 Å². The summed E-state index contributed by atoms with van der Waals surface area (Å²) in [6.07, 6.45) is 0. The van der Waals surface area contributed by atoms with E-state index in [1.54, 1.807) is 0 Å². The normalized spacial score (nSPS) is 10.8. The molecule has 0 aliphatic rings. The van der Waals surface area contributed by atoms with Gasteiger partial charge in [0.2, 0.25) is 0 Å². The largest absolute Gasteiger partial charge is 0.361 e. The quantitative estimate of drug-likeness (QED) is 0.832. The van der Waals surface area contributed by atoms with Crippen LogP contribution in [0.15, 0.2) is 30.3 Å². The van der Waals surface area contributed by atoms with Gasteiger partial charge in [0.25, 0.3) is 0 Å². The van der Waals surface area contributed by atoms with Crippen molar-refractivity contribution >= 4 is 17.3 Å². The maximum Gasteiger partial charge on any atom is 0.166 e. The molecular weight excluding hydrogens is 292 g/mol. The van der Waals surface area contributed by atoms with Crippen LogP contribution in [0.1, 0.15) is 36.4 Å². The van der Waals surface area contributed by atoms with E-state index in [0.717, 1.165) is 12.2 Å². The summed E-state index contributed by atoms with van der Waals surface area (Å²) < 4.78 is 2.06. The van der Waals surface area contributed by atoms with Crippen LogP contribution >= 0.6 is 12.2 Å². The molecule has 22 heavy (non-hydrogen) atoms. The van der Waals surface area contributed by atoms with Crippen LogP contribution in [0.3, 0.4) is 0 Å². The fourth-order valence-electron chi connectivity index (χ4n) is 2.38. The van der Waals surface area contributed by atoms with Gasteiger partial charge in [-0.2, -0.15) is 5.10 Å². The van der Waals surface area contributed by atoms with E-state index in [-0.39, 0.29) is 0 Å². The molecule has 0 aliphatic heterocycles. The smallest absolute Gasteiger partial charge is 0.166 e. The number of aromatic nitrogens is 2. The van der Waals surface area contributed by atoms with E-state index in [4.69, 9.17) is 12.2 Å². The molecule has 1 aromatic carbocycles. The zero-order valence-corrected chi connectivity index (χ0v) is 14.5. The minimum absolute atomic E-state index is 0.336. The van der Waals surface area contributed by atoms with E-state index in [1.807, 2.05) is 13.0 Å². The number of benzene rings is 1. The van der Waals surface area contributed by atoms with Gasteiger partial charge in [-0.15, -0.1) is 0 Å². The molecule has 5 heteroatoms. The monoisotopic (exact) mass is 316 g/mol. The summed E-state index contributed by atoms with van der Waals surface area (Å²) in [5.41, 5.74) is 4.70. The first kappa shape index (κ1) is 16.5. The van der Waals surface area contributed by atoms with E-state index < -0.39 is 0 Å². The maximum atomic E-state index is 5.28. The highest BCUT2D eigenvalue weighted by Crippen LogP contribution is 2.14. The van der Waals surface area contributed by atoms with E-state index in [1.165, 1.54) is 16.8 Å². The van der Waals surface area contributed by atoms with Gasteiger partial charge in [-0.05, 0) is 45.5 Å². The van der Waals surface area contributed by atoms with E-state index >= 15 is 0 Å². The van der Waals surface area contributed by atoms with Gasteiger partial charge in [-0.1, -0.05) is 30.3 Å². The highest BCUT2D eigenvalue weighted by Gasteiger charge is 2.12. The molecule has 0 radical (unpaired) electrons. The fourth-order valence-corrected chi connectivity index (χ4v) is 2.69. The fraction of sp³-hybridized carbons (Fsp3) is 0.412. The molecule has 1 aromatic heterocycles. The highest BCUT2D eigenvalue weighted by atomic mass is 32.1. The molecule has 2 N–H and O–H groups in total. The van der Waals surface area contributed by atoms with Gasteiger partial charge in [0.1, 0.15) is 0 Å². The summed E-state index contributed by atoms with van der Waals surface area (Å²) in [5, 5.41) is 11.8. The van der Waals surface area contributed by atoms with Gasteiger partial charge in [-0.25, -0.2) is 0 Å². The first-order valence-electron chi connectivity index (χ1n) is 7.58. The minimum atomic E-state index is 0.336. The molecule has 0 aliphatic carbocycles. The molecule has 0 spiro atoms. The average Bonchev–Trinajstić information content (AvgIpc) is 2.72. The van der Waals surface area contributed by atoms with Crippen LogP contribution in [0.4, 0.5) is 0 Å². The van der Waals surface area contributed by atoms with Gasteiger partial charge in [0, 0.05) is 23.8 Å². The molecular formula is C17H24N4S. The third kappa shape index (κ3) is 4.31. The van der Waals surface area contributed by atoms with Crippen molar-refractivity contribution in [1.29, 1.82) is 0 Å². The van der Waals surface area contributed by atoms with E-state index in [9.17, 15) is 0 Å². The Labute approximate surface area is 137 Å². The second-order valence-corrected chi connectivity index (χ2v) is 6.18. The second kappa shape index (κ2) is 7.40. The lowest BCUT2D eigenvalue weighted by Gasteiger charge is -2.13. The van der Waals surface area contributed by atoms with Crippen molar-refractivity contribution in [1.82, 2.24) is 20.4 Å². The Balaban J connectivity index is 2.05. The Bertz CT molecular complexity index is 632. The Morgan fingerprint density at radius 2 is 1.91 bits per heavy atom. The number of nitrogens with one attached hydrogen (secondary N) is 2. The van der Waals surface area contributed by atoms with Gasteiger partial charge in [-0.3, -0.25) is 4.68 Å². The Morgan fingerprint density at radius 3 is 2.55 bits per heavy atom. The molecule has 1 heterocycles. The molecule has 2 aromatic rings. The molecule has 4 nitrogen and oxygen atoms in total. The van der Waals surface area contributed by atoms with Crippen LogP contribution in [0, 0.1) is 13.8 Å².